The van der Waals surface area contributed by atoms with E-state index in [1.165, 1.54) is 54.6 Å². The molecule has 0 aliphatic carbocycles. The van der Waals surface area contributed by atoms with Crippen molar-refractivity contribution < 1.29 is 21.6 Å². The van der Waals surface area contributed by atoms with Gasteiger partial charge in [0.25, 0.3) is 20.0 Å². The molecule has 8 nitrogen and oxygen atoms in total. The van der Waals surface area contributed by atoms with Gasteiger partial charge in [0.1, 0.15) is 6.54 Å². The van der Waals surface area contributed by atoms with Crippen molar-refractivity contribution in [1.82, 2.24) is 0 Å². The number of halogens is 3. The summed E-state index contributed by atoms with van der Waals surface area (Å²) in [6.07, 6.45) is 0. The molecular weight excluding hydrogens is 649 g/mol. The molecule has 4 aromatic rings. The van der Waals surface area contributed by atoms with Crippen molar-refractivity contribution in [2.75, 3.05) is 20.9 Å². The van der Waals surface area contributed by atoms with E-state index < -0.39 is 32.5 Å². The fourth-order valence-electron chi connectivity index (χ4n) is 3.48. The van der Waals surface area contributed by atoms with E-state index in [0.717, 1.165) is 8.78 Å². The minimum Gasteiger partial charge on any atom is -0.325 e. The second-order valence-corrected chi connectivity index (χ2v) is 13.3. The lowest BCUT2D eigenvalue weighted by atomic mass is 10.3. The number of amides is 1. The average Bonchev–Trinajstić information content (AvgIpc) is 2.91. The zero-order valence-corrected chi connectivity index (χ0v) is 24.6. The molecule has 0 radical (unpaired) electrons. The van der Waals surface area contributed by atoms with Gasteiger partial charge in [0.2, 0.25) is 5.91 Å². The normalized spacial score (nSPS) is 11.6. The van der Waals surface area contributed by atoms with Crippen LogP contribution in [0, 0.1) is 0 Å². The van der Waals surface area contributed by atoms with Crippen LogP contribution in [-0.2, 0) is 24.8 Å². The molecule has 0 unspecified atom stereocenters. The van der Waals surface area contributed by atoms with Crippen LogP contribution in [0.5, 0.6) is 0 Å². The molecule has 0 atom stereocenters. The van der Waals surface area contributed by atoms with Crippen molar-refractivity contribution in [3.8, 4) is 0 Å². The van der Waals surface area contributed by atoms with Crippen LogP contribution in [0.2, 0.25) is 10.0 Å². The largest absolute Gasteiger partial charge is 0.325 e. The summed E-state index contributed by atoms with van der Waals surface area (Å²) in [5, 5.41) is 2.69. The van der Waals surface area contributed by atoms with E-state index >= 15 is 0 Å². The smallest absolute Gasteiger partial charge is 0.264 e. The third-order valence-corrected chi connectivity index (χ3v) is 9.87. The van der Waals surface area contributed by atoms with Crippen LogP contribution in [0.15, 0.2) is 111 Å². The lowest BCUT2D eigenvalue weighted by Crippen LogP contribution is -2.38. The number of carbonyl (C=O) groups excluding carboxylic acids is 1. The Bertz CT molecular complexity index is 1700. The predicted octanol–water partition coefficient (Wildman–Crippen LogP) is 6.39. The first kappa shape index (κ1) is 28.9. The molecule has 4 rings (SSSR count). The summed E-state index contributed by atoms with van der Waals surface area (Å²) in [5.41, 5.74) is 0.676. The van der Waals surface area contributed by atoms with Gasteiger partial charge >= 0.3 is 0 Å². The lowest BCUT2D eigenvalue weighted by Gasteiger charge is -2.25. The average molecular weight is 669 g/mol. The number of sulfonamides is 2. The number of nitrogens with one attached hydrogen (secondary N) is 2. The summed E-state index contributed by atoms with van der Waals surface area (Å²) < 4.78 is 56.5. The molecule has 1 amide bonds. The molecule has 4 aromatic carbocycles. The maximum absolute atomic E-state index is 13.5. The minimum absolute atomic E-state index is 0.0255. The first-order valence-corrected chi connectivity index (χ1v) is 15.6. The van der Waals surface area contributed by atoms with Crippen LogP contribution in [0.3, 0.4) is 0 Å². The molecule has 0 aromatic heterocycles. The molecule has 0 fully saturated rings. The van der Waals surface area contributed by atoms with Crippen molar-refractivity contribution in [2.45, 2.75) is 9.79 Å². The third-order valence-electron chi connectivity index (χ3n) is 5.36. The first-order valence-electron chi connectivity index (χ1n) is 11.2. The molecule has 39 heavy (non-hydrogen) atoms. The number of rotatable bonds is 9. The number of benzene rings is 4. The Hall–Kier alpha value is -3.09. The van der Waals surface area contributed by atoms with Gasteiger partial charge in [-0.05, 0) is 72.8 Å². The van der Waals surface area contributed by atoms with Crippen LogP contribution in [0.4, 0.5) is 17.1 Å². The molecule has 2 N–H and O–H groups in total. The molecule has 13 heteroatoms. The highest BCUT2D eigenvalue weighted by Gasteiger charge is 2.29. The van der Waals surface area contributed by atoms with E-state index in [2.05, 4.69) is 26.0 Å². The molecule has 0 heterocycles. The molecular formula is C26H20BrCl2N3O5S2. The number of carbonyl (C=O) groups is 1. The van der Waals surface area contributed by atoms with Gasteiger partial charge in [-0.25, -0.2) is 16.8 Å². The molecule has 0 bridgehead atoms. The fraction of sp³-hybridized carbons (Fsp3) is 0.0385. The van der Waals surface area contributed by atoms with E-state index in [1.807, 2.05) is 0 Å². The van der Waals surface area contributed by atoms with Crippen LogP contribution >= 0.6 is 39.1 Å². The van der Waals surface area contributed by atoms with Gasteiger partial charge in [0, 0.05) is 15.8 Å². The Morgan fingerprint density at radius 1 is 0.744 bits per heavy atom. The van der Waals surface area contributed by atoms with Crippen molar-refractivity contribution >= 4 is 82.1 Å². The summed E-state index contributed by atoms with van der Waals surface area (Å²) in [4.78, 5) is 12.9. The molecule has 0 saturated heterocycles. The van der Waals surface area contributed by atoms with E-state index in [0.29, 0.717) is 5.69 Å². The van der Waals surface area contributed by atoms with Gasteiger partial charge in [0.05, 0.1) is 25.5 Å². The Kier molecular flexibility index (Phi) is 8.87. The summed E-state index contributed by atoms with van der Waals surface area (Å²) in [5.74, 6) is -0.686. The standard InChI is InChI=1S/C26H20BrCl2N3O5S2/c27-18-9-11-20(12-10-18)31-38(34,35)21-15-13-19(14-16-21)30-25(33)17-32(24-8-4-7-23(28)26(24)29)39(36,37)22-5-2-1-3-6-22/h1-16,31H,17H2,(H,30,33). The van der Waals surface area contributed by atoms with Gasteiger partial charge in [0.15, 0.2) is 0 Å². The highest BCUT2D eigenvalue weighted by Crippen LogP contribution is 2.35. The first-order chi connectivity index (χ1) is 18.5. The van der Waals surface area contributed by atoms with Crippen molar-refractivity contribution in [1.29, 1.82) is 0 Å². The van der Waals surface area contributed by atoms with Gasteiger partial charge in [-0.3, -0.25) is 13.8 Å². The van der Waals surface area contributed by atoms with E-state index in [1.54, 1.807) is 42.5 Å². The second kappa shape index (κ2) is 12.0. The number of nitrogens with zero attached hydrogens (tertiary/aromatic N) is 1. The highest BCUT2D eigenvalue weighted by atomic mass is 79.9. The summed E-state index contributed by atoms with van der Waals surface area (Å²) >= 11 is 15.7. The Morgan fingerprint density at radius 3 is 2.00 bits per heavy atom. The molecule has 0 aliphatic heterocycles. The highest BCUT2D eigenvalue weighted by molar-refractivity contribution is 9.10. The molecule has 0 spiro atoms. The number of hydrogen-bond acceptors (Lipinski definition) is 5. The summed E-state index contributed by atoms with van der Waals surface area (Å²) in [6, 6.07) is 24.1. The van der Waals surface area contributed by atoms with E-state index in [9.17, 15) is 21.6 Å². The third kappa shape index (κ3) is 6.92. The monoisotopic (exact) mass is 667 g/mol. The fourth-order valence-corrected chi connectivity index (χ4v) is 6.71. The summed E-state index contributed by atoms with van der Waals surface area (Å²) in [7, 11) is -8.08. The maximum Gasteiger partial charge on any atom is 0.264 e. The zero-order chi connectivity index (χ0) is 28.2. The van der Waals surface area contributed by atoms with Gasteiger partial charge < -0.3 is 5.32 Å². The molecule has 0 saturated carbocycles. The van der Waals surface area contributed by atoms with Gasteiger partial charge in [-0.1, -0.05) is 63.4 Å². The molecule has 202 valence electrons. The van der Waals surface area contributed by atoms with Crippen molar-refractivity contribution in [3.05, 3.63) is 112 Å². The van der Waals surface area contributed by atoms with E-state index in [4.69, 9.17) is 23.2 Å². The number of anilines is 3. The summed E-state index contributed by atoms with van der Waals surface area (Å²) in [6.45, 7) is -0.623. The van der Waals surface area contributed by atoms with Crippen molar-refractivity contribution in [2.24, 2.45) is 0 Å². The van der Waals surface area contributed by atoms with Crippen LogP contribution < -0.4 is 14.3 Å². The Morgan fingerprint density at radius 2 is 1.36 bits per heavy atom. The maximum atomic E-state index is 13.5. The predicted molar refractivity (Wildman–Crippen MR) is 157 cm³/mol. The second-order valence-electron chi connectivity index (χ2n) is 8.08. The van der Waals surface area contributed by atoms with Crippen LogP contribution in [0.1, 0.15) is 0 Å². The van der Waals surface area contributed by atoms with Crippen LogP contribution in [0.25, 0.3) is 0 Å². The number of hydrogen-bond donors (Lipinski definition) is 2. The SMILES string of the molecule is O=C(CN(c1cccc(Cl)c1Cl)S(=O)(=O)c1ccccc1)Nc1ccc(S(=O)(=O)Nc2ccc(Br)cc2)cc1. The minimum atomic E-state index is -4.20. The van der Waals surface area contributed by atoms with Crippen molar-refractivity contribution in [3.63, 3.8) is 0 Å². The zero-order valence-electron chi connectivity index (χ0n) is 19.9. The Balaban J connectivity index is 1.55. The lowest BCUT2D eigenvalue weighted by molar-refractivity contribution is -0.114. The van der Waals surface area contributed by atoms with Gasteiger partial charge in [-0.15, -0.1) is 0 Å². The Labute approximate surface area is 244 Å². The van der Waals surface area contributed by atoms with Gasteiger partial charge in [-0.2, -0.15) is 0 Å². The van der Waals surface area contributed by atoms with Crippen LogP contribution in [-0.4, -0.2) is 29.3 Å². The van der Waals surface area contributed by atoms with E-state index in [-0.39, 0.29) is 31.2 Å². The quantitative estimate of drug-likeness (QED) is 0.215. The topological polar surface area (TPSA) is 113 Å². The molecule has 0 aliphatic rings.